The molecule has 0 saturated heterocycles. The Morgan fingerprint density at radius 3 is 3.00 bits per heavy atom. The molecule has 0 N–H and O–H groups in total. The SMILES string of the molecule is CC(=O)C1CCc2cc(Br)ccc21. The highest BCUT2D eigenvalue weighted by molar-refractivity contribution is 9.10. The molecule has 0 heterocycles. The first kappa shape index (κ1) is 8.95. The van der Waals surface area contributed by atoms with Crippen molar-refractivity contribution < 1.29 is 4.79 Å². The first-order valence-electron chi connectivity index (χ1n) is 4.47. The molecule has 1 aliphatic carbocycles. The summed E-state index contributed by atoms with van der Waals surface area (Å²) in [5.41, 5.74) is 2.56. The van der Waals surface area contributed by atoms with Crippen molar-refractivity contribution in [2.24, 2.45) is 0 Å². The number of carbonyl (C=O) groups is 1. The van der Waals surface area contributed by atoms with Gasteiger partial charge in [-0.2, -0.15) is 0 Å². The van der Waals surface area contributed by atoms with Crippen molar-refractivity contribution in [1.29, 1.82) is 0 Å². The monoisotopic (exact) mass is 238 g/mol. The summed E-state index contributed by atoms with van der Waals surface area (Å²) in [7, 11) is 0. The second-order valence-electron chi connectivity index (χ2n) is 3.55. The van der Waals surface area contributed by atoms with Crippen molar-refractivity contribution in [2.45, 2.75) is 25.7 Å². The molecule has 0 saturated carbocycles. The van der Waals surface area contributed by atoms with Crippen LogP contribution >= 0.6 is 15.9 Å². The van der Waals surface area contributed by atoms with E-state index in [9.17, 15) is 4.79 Å². The minimum atomic E-state index is 0.156. The van der Waals surface area contributed by atoms with E-state index < -0.39 is 0 Å². The van der Waals surface area contributed by atoms with E-state index in [1.54, 1.807) is 6.92 Å². The van der Waals surface area contributed by atoms with Crippen LogP contribution in [0.2, 0.25) is 0 Å². The number of Topliss-reactive ketones (excluding diaryl/α,β-unsaturated/α-hetero) is 1. The summed E-state index contributed by atoms with van der Waals surface area (Å²) >= 11 is 3.44. The van der Waals surface area contributed by atoms with Gasteiger partial charge in [-0.05, 0) is 43.0 Å². The summed E-state index contributed by atoms with van der Waals surface area (Å²) in [6.07, 6.45) is 2.03. The molecule has 2 rings (SSSR count). The predicted molar refractivity (Wildman–Crippen MR) is 55.9 cm³/mol. The van der Waals surface area contributed by atoms with Gasteiger partial charge in [0.2, 0.25) is 0 Å². The second kappa shape index (κ2) is 3.26. The van der Waals surface area contributed by atoms with Crippen LogP contribution in [-0.4, -0.2) is 5.78 Å². The highest BCUT2D eigenvalue weighted by Gasteiger charge is 2.25. The summed E-state index contributed by atoms with van der Waals surface area (Å²) in [5.74, 6) is 0.448. The number of hydrogen-bond acceptors (Lipinski definition) is 1. The highest BCUT2D eigenvalue weighted by Crippen LogP contribution is 2.34. The van der Waals surface area contributed by atoms with E-state index in [0.29, 0.717) is 5.78 Å². The highest BCUT2D eigenvalue weighted by atomic mass is 79.9. The minimum Gasteiger partial charge on any atom is -0.299 e. The molecule has 1 aromatic carbocycles. The first-order chi connectivity index (χ1) is 6.18. The fourth-order valence-electron chi connectivity index (χ4n) is 2.01. The lowest BCUT2D eigenvalue weighted by molar-refractivity contribution is -0.118. The zero-order valence-electron chi connectivity index (χ0n) is 7.51. The van der Waals surface area contributed by atoms with Crippen LogP contribution in [0.4, 0.5) is 0 Å². The minimum absolute atomic E-state index is 0.156. The van der Waals surface area contributed by atoms with Crippen molar-refractivity contribution in [3.63, 3.8) is 0 Å². The Labute approximate surface area is 86.3 Å². The largest absolute Gasteiger partial charge is 0.299 e. The number of aryl methyl sites for hydroxylation is 1. The van der Waals surface area contributed by atoms with Crippen LogP contribution < -0.4 is 0 Å². The zero-order valence-corrected chi connectivity index (χ0v) is 9.10. The maximum absolute atomic E-state index is 11.3. The Morgan fingerprint density at radius 1 is 1.54 bits per heavy atom. The van der Waals surface area contributed by atoms with Gasteiger partial charge >= 0.3 is 0 Å². The van der Waals surface area contributed by atoms with E-state index >= 15 is 0 Å². The summed E-state index contributed by atoms with van der Waals surface area (Å²) in [6, 6.07) is 6.21. The summed E-state index contributed by atoms with van der Waals surface area (Å²) in [5, 5.41) is 0. The van der Waals surface area contributed by atoms with Gasteiger partial charge in [-0.3, -0.25) is 4.79 Å². The molecule has 0 amide bonds. The molecule has 0 aliphatic heterocycles. The third-order valence-electron chi connectivity index (χ3n) is 2.67. The standard InChI is InChI=1S/C11H11BrO/c1-7(13)10-4-2-8-6-9(12)3-5-11(8)10/h3,5-6,10H,2,4H2,1H3. The van der Waals surface area contributed by atoms with Gasteiger partial charge in [-0.25, -0.2) is 0 Å². The van der Waals surface area contributed by atoms with Crippen LogP contribution in [0.15, 0.2) is 22.7 Å². The number of carbonyl (C=O) groups excluding carboxylic acids is 1. The molecule has 1 aromatic rings. The van der Waals surface area contributed by atoms with E-state index in [0.717, 1.165) is 17.3 Å². The van der Waals surface area contributed by atoms with E-state index in [4.69, 9.17) is 0 Å². The van der Waals surface area contributed by atoms with Crippen LogP contribution in [0, 0.1) is 0 Å². The summed E-state index contributed by atoms with van der Waals surface area (Å²) in [6.45, 7) is 1.68. The lowest BCUT2D eigenvalue weighted by atomic mass is 9.98. The molecule has 0 aromatic heterocycles. The summed E-state index contributed by atoms with van der Waals surface area (Å²) in [4.78, 5) is 11.3. The van der Waals surface area contributed by atoms with E-state index in [1.165, 1.54) is 11.1 Å². The quantitative estimate of drug-likeness (QED) is 0.736. The molecular formula is C11H11BrO. The van der Waals surface area contributed by atoms with Gasteiger partial charge in [0.05, 0.1) is 0 Å². The molecule has 0 fully saturated rings. The van der Waals surface area contributed by atoms with Crippen LogP contribution in [-0.2, 0) is 11.2 Å². The molecule has 68 valence electrons. The van der Waals surface area contributed by atoms with Crippen LogP contribution in [0.25, 0.3) is 0 Å². The Bertz CT molecular complexity index is 357. The van der Waals surface area contributed by atoms with Crippen molar-refractivity contribution >= 4 is 21.7 Å². The van der Waals surface area contributed by atoms with Crippen LogP contribution in [0.1, 0.15) is 30.4 Å². The molecule has 1 aliphatic rings. The van der Waals surface area contributed by atoms with Crippen LogP contribution in [0.3, 0.4) is 0 Å². The van der Waals surface area contributed by atoms with Gasteiger partial charge in [-0.1, -0.05) is 22.0 Å². The molecular weight excluding hydrogens is 228 g/mol. The van der Waals surface area contributed by atoms with Crippen molar-refractivity contribution in [2.75, 3.05) is 0 Å². The van der Waals surface area contributed by atoms with Crippen molar-refractivity contribution in [1.82, 2.24) is 0 Å². The molecule has 1 nitrogen and oxygen atoms in total. The van der Waals surface area contributed by atoms with Crippen molar-refractivity contribution in [3.05, 3.63) is 33.8 Å². The van der Waals surface area contributed by atoms with Gasteiger partial charge in [0.25, 0.3) is 0 Å². The van der Waals surface area contributed by atoms with Crippen molar-refractivity contribution in [3.8, 4) is 0 Å². The maximum atomic E-state index is 11.3. The fourth-order valence-corrected chi connectivity index (χ4v) is 2.42. The smallest absolute Gasteiger partial charge is 0.137 e. The lowest BCUT2D eigenvalue weighted by Gasteiger charge is -2.06. The van der Waals surface area contributed by atoms with Gasteiger partial charge in [-0.15, -0.1) is 0 Å². The fraction of sp³-hybridized carbons (Fsp3) is 0.364. The third-order valence-corrected chi connectivity index (χ3v) is 3.17. The molecule has 0 radical (unpaired) electrons. The molecule has 2 heteroatoms. The Hall–Kier alpha value is -0.630. The van der Waals surface area contributed by atoms with Gasteiger partial charge in [0.1, 0.15) is 5.78 Å². The molecule has 1 atom stereocenters. The molecule has 0 bridgehead atoms. The molecule has 13 heavy (non-hydrogen) atoms. The number of hydrogen-bond donors (Lipinski definition) is 0. The number of benzene rings is 1. The third kappa shape index (κ3) is 1.55. The summed E-state index contributed by atoms with van der Waals surface area (Å²) < 4.78 is 1.11. The second-order valence-corrected chi connectivity index (χ2v) is 4.46. The number of halogens is 1. The predicted octanol–water partition coefficient (Wildman–Crippen LogP) is 3.07. The molecule has 1 unspecified atom stereocenters. The molecule has 0 spiro atoms. The lowest BCUT2D eigenvalue weighted by Crippen LogP contribution is -2.04. The average Bonchev–Trinajstić information content (AvgIpc) is 2.46. The Morgan fingerprint density at radius 2 is 2.31 bits per heavy atom. The van der Waals surface area contributed by atoms with Crippen LogP contribution in [0.5, 0.6) is 0 Å². The number of rotatable bonds is 1. The average molecular weight is 239 g/mol. The normalized spacial score (nSPS) is 20.0. The number of ketones is 1. The zero-order chi connectivity index (χ0) is 9.42. The van der Waals surface area contributed by atoms with Gasteiger partial charge in [0.15, 0.2) is 0 Å². The van der Waals surface area contributed by atoms with E-state index in [-0.39, 0.29) is 5.92 Å². The Balaban J connectivity index is 2.44. The maximum Gasteiger partial charge on any atom is 0.137 e. The van der Waals surface area contributed by atoms with E-state index in [1.807, 2.05) is 6.07 Å². The first-order valence-corrected chi connectivity index (χ1v) is 5.26. The number of fused-ring (bicyclic) bond motifs is 1. The van der Waals surface area contributed by atoms with Gasteiger partial charge in [0, 0.05) is 10.4 Å². The van der Waals surface area contributed by atoms with E-state index in [2.05, 4.69) is 28.1 Å². The Kier molecular flexibility index (Phi) is 2.24. The topological polar surface area (TPSA) is 17.1 Å². The van der Waals surface area contributed by atoms with Gasteiger partial charge < -0.3 is 0 Å².